The van der Waals surface area contributed by atoms with Gasteiger partial charge < -0.3 is 11.5 Å². The van der Waals surface area contributed by atoms with E-state index in [1.54, 1.807) is 0 Å². The Hall–Kier alpha value is -1.00. The number of nitrogens with two attached hydrogens (primary N) is 2. The van der Waals surface area contributed by atoms with Gasteiger partial charge in [0.2, 0.25) is 5.91 Å². The number of rotatable bonds is 4. The lowest BCUT2D eigenvalue weighted by Crippen LogP contribution is -2.12. The van der Waals surface area contributed by atoms with E-state index in [4.69, 9.17) is 11.5 Å². The van der Waals surface area contributed by atoms with E-state index in [0.717, 1.165) is 10.5 Å². The molecule has 1 aromatic carbocycles. The van der Waals surface area contributed by atoms with Crippen molar-refractivity contribution >= 4 is 17.7 Å². The molecule has 0 saturated carbocycles. The van der Waals surface area contributed by atoms with Crippen LogP contribution < -0.4 is 11.5 Å². The van der Waals surface area contributed by atoms with Gasteiger partial charge >= 0.3 is 0 Å². The van der Waals surface area contributed by atoms with Crippen molar-refractivity contribution < 1.29 is 4.79 Å². The van der Waals surface area contributed by atoms with Gasteiger partial charge in [-0.1, -0.05) is 12.1 Å². The summed E-state index contributed by atoms with van der Waals surface area (Å²) in [5, 5.41) is 0. The number of hydrogen-bond acceptors (Lipinski definition) is 3. The molecule has 13 heavy (non-hydrogen) atoms. The Morgan fingerprint density at radius 2 is 2.23 bits per heavy atom. The van der Waals surface area contributed by atoms with Crippen molar-refractivity contribution in [1.82, 2.24) is 0 Å². The summed E-state index contributed by atoms with van der Waals surface area (Å²) in [6.45, 7) is 0.519. The molecule has 0 bridgehead atoms. The second-order valence-corrected chi connectivity index (χ2v) is 3.66. The summed E-state index contributed by atoms with van der Waals surface area (Å²) >= 11 is 1.43. The molecule has 70 valence electrons. The number of primary amides is 1. The number of carbonyl (C=O) groups excluding carboxylic acids is 1. The van der Waals surface area contributed by atoms with Crippen molar-refractivity contribution in [2.24, 2.45) is 11.5 Å². The summed E-state index contributed by atoms with van der Waals surface area (Å²) < 4.78 is 0. The molecule has 4 heteroatoms. The third-order valence-electron chi connectivity index (χ3n) is 1.52. The first-order valence-electron chi connectivity index (χ1n) is 3.92. The molecule has 0 aliphatic heterocycles. The predicted octanol–water partition coefficient (Wildman–Crippen LogP) is 0.723. The van der Waals surface area contributed by atoms with Gasteiger partial charge in [0.25, 0.3) is 0 Å². The zero-order valence-electron chi connectivity index (χ0n) is 7.19. The summed E-state index contributed by atoms with van der Waals surface area (Å²) in [4.78, 5) is 11.5. The molecule has 3 nitrogen and oxygen atoms in total. The van der Waals surface area contributed by atoms with Crippen LogP contribution in [0.2, 0.25) is 0 Å². The number of hydrogen-bond donors (Lipinski definition) is 2. The molecular weight excluding hydrogens is 184 g/mol. The van der Waals surface area contributed by atoms with E-state index in [2.05, 4.69) is 0 Å². The lowest BCUT2D eigenvalue weighted by Gasteiger charge is -2.01. The van der Waals surface area contributed by atoms with Gasteiger partial charge in [-0.15, -0.1) is 11.8 Å². The SMILES string of the molecule is NCc1cccc(SCC(N)=O)c1. The Morgan fingerprint density at radius 3 is 2.85 bits per heavy atom. The molecule has 0 unspecified atom stereocenters. The topological polar surface area (TPSA) is 69.1 Å². The molecule has 0 aliphatic rings. The van der Waals surface area contributed by atoms with Crippen molar-refractivity contribution in [3.63, 3.8) is 0 Å². The van der Waals surface area contributed by atoms with Crippen LogP contribution in [0.1, 0.15) is 5.56 Å². The van der Waals surface area contributed by atoms with Crippen LogP contribution in [-0.2, 0) is 11.3 Å². The van der Waals surface area contributed by atoms with Gasteiger partial charge in [-0.25, -0.2) is 0 Å². The molecule has 0 aromatic heterocycles. The second kappa shape index (κ2) is 4.89. The highest BCUT2D eigenvalue weighted by molar-refractivity contribution is 8.00. The van der Waals surface area contributed by atoms with Crippen LogP contribution in [0.25, 0.3) is 0 Å². The molecule has 0 atom stereocenters. The first kappa shape index (κ1) is 10.1. The monoisotopic (exact) mass is 196 g/mol. The van der Waals surface area contributed by atoms with Crippen molar-refractivity contribution in [3.05, 3.63) is 29.8 Å². The van der Waals surface area contributed by atoms with E-state index in [9.17, 15) is 4.79 Å². The minimum atomic E-state index is -0.303. The normalized spacial score (nSPS) is 9.92. The molecule has 0 fully saturated rings. The van der Waals surface area contributed by atoms with Crippen LogP contribution in [0.4, 0.5) is 0 Å². The average Bonchev–Trinajstić information content (AvgIpc) is 2.15. The lowest BCUT2D eigenvalue weighted by atomic mass is 10.2. The summed E-state index contributed by atoms with van der Waals surface area (Å²) in [7, 11) is 0. The Bertz CT molecular complexity index is 301. The van der Waals surface area contributed by atoms with E-state index >= 15 is 0 Å². The molecule has 0 heterocycles. The van der Waals surface area contributed by atoms with Crippen LogP contribution in [0.5, 0.6) is 0 Å². The zero-order valence-corrected chi connectivity index (χ0v) is 8.01. The first-order valence-corrected chi connectivity index (χ1v) is 4.91. The van der Waals surface area contributed by atoms with E-state index in [-0.39, 0.29) is 5.91 Å². The third kappa shape index (κ3) is 3.48. The fourth-order valence-electron chi connectivity index (χ4n) is 0.917. The summed E-state index contributed by atoms with van der Waals surface area (Å²) in [5.74, 6) is 0.0109. The summed E-state index contributed by atoms with van der Waals surface area (Å²) in [5.41, 5.74) is 11.6. The molecule has 1 aromatic rings. The summed E-state index contributed by atoms with van der Waals surface area (Å²) in [6, 6.07) is 7.78. The number of benzene rings is 1. The predicted molar refractivity (Wildman–Crippen MR) is 54.3 cm³/mol. The molecule has 0 saturated heterocycles. The van der Waals surface area contributed by atoms with Crippen LogP contribution in [-0.4, -0.2) is 11.7 Å². The standard InChI is InChI=1S/C9H12N2OS/c10-5-7-2-1-3-8(4-7)13-6-9(11)12/h1-4H,5-6,10H2,(H2,11,12). The molecular formula is C9H12N2OS. The number of carbonyl (C=O) groups is 1. The van der Waals surface area contributed by atoms with Crippen LogP contribution >= 0.6 is 11.8 Å². The van der Waals surface area contributed by atoms with E-state index in [1.165, 1.54) is 11.8 Å². The van der Waals surface area contributed by atoms with Crippen LogP contribution in [0, 0.1) is 0 Å². The fourth-order valence-corrected chi connectivity index (χ4v) is 1.64. The Morgan fingerprint density at radius 1 is 1.46 bits per heavy atom. The van der Waals surface area contributed by atoms with Gasteiger partial charge in [-0.05, 0) is 17.7 Å². The Balaban J connectivity index is 2.61. The Kier molecular flexibility index (Phi) is 3.79. The van der Waals surface area contributed by atoms with E-state index < -0.39 is 0 Å². The molecule has 4 N–H and O–H groups in total. The first-order chi connectivity index (χ1) is 6.22. The van der Waals surface area contributed by atoms with Gasteiger partial charge in [-0.3, -0.25) is 4.79 Å². The fraction of sp³-hybridized carbons (Fsp3) is 0.222. The van der Waals surface area contributed by atoms with Gasteiger partial charge in [0, 0.05) is 11.4 Å². The highest BCUT2D eigenvalue weighted by atomic mass is 32.2. The van der Waals surface area contributed by atoms with Gasteiger partial charge in [-0.2, -0.15) is 0 Å². The molecule has 0 aliphatic carbocycles. The number of thioether (sulfide) groups is 1. The average molecular weight is 196 g/mol. The maximum atomic E-state index is 10.5. The maximum Gasteiger partial charge on any atom is 0.227 e. The third-order valence-corrected chi connectivity index (χ3v) is 2.53. The van der Waals surface area contributed by atoms with Crippen LogP contribution in [0.15, 0.2) is 29.2 Å². The van der Waals surface area contributed by atoms with E-state index in [0.29, 0.717) is 12.3 Å². The molecule has 1 rings (SSSR count). The largest absolute Gasteiger partial charge is 0.369 e. The zero-order chi connectivity index (χ0) is 9.68. The highest BCUT2D eigenvalue weighted by Gasteiger charge is 1.98. The van der Waals surface area contributed by atoms with Crippen molar-refractivity contribution in [2.75, 3.05) is 5.75 Å². The summed E-state index contributed by atoms with van der Waals surface area (Å²) in [6.07, 6.45) is 0. The highest BCUT2D eigenvalue weighted by Crippen LogP contribution is 2.18. The molecule has 0 spiro atoms. The molecule has 1 amide bonds. The van der Waals surface area contributed by atoms with E-state index in [1.807, 2.05) is 24.3 Å². The van der Waals surface area contributed by atoms with Crippen molar-refractivity contribution in [1.29, 1.82) is 0 Å². The number of amides is 1. The second-order valence-electron chi connectivity index (χ2n) is 2.61. The van der Waals surface area contributed by atoms with Gasteiger partial charge in [0.15, 0.2) is 0 Å². The van der Waals surface area contributed by atoms with Gasteiger partial charge in [0.1, 0.15) is 0 Å². The van der Waals surface area contributed by atoms with Crippen LogP contribution in [0.3, 0.4) is 0 Å². The minimum Gasteiger partial charge on any atom is -0.369 e. The van der Waals surface area contributed by atoms with Crippen molar-refractivity contribution in [2.45, 2.75) is 11.4 Å². The maximum absolute atomic E-state index is 10.5. The molecule has 0 radical (unpaired) electrons. The lowest BCUT2D eigenvalue weighted by molar-refractivity contribution is -0.115. The van der Waals surface area contributed by atoms with Gasteiger partial charge in [0.05, 0.1) is 5.75 Å². The minimum absolute atomic E-state index is 0.303. The van der Waals surface area contributed by atoms with Crippen molar-refractivity contribution in [3.8, 4) is 0 Å². The smallest absolute Gasteiger partial charge is 0.227 e. The Labute approximate surface area is 81.5 Å². The quantitative estimate of drug-likeness (QED) is 0.697.